The normalized spacial score (nSPS) is 19.2. The van der Waals surface area contributed by atoms with Crippen LogP contribution in [0, 0.1) is 11.2 Å². The first kappa shape index (κ1) is 49.3. The van der Waals surface area contributed by atoms with E-state index >= 15 is 0 Å². The Morgan fingerprint density at radius 2 is 1.66 bits per heavy atom. The zero-order valence-corrected chi connectivity index (χ0v) is 38.7. The van der Waals surface area contributed by atoms with Crippen LogP contribution in [0.2, 0.25) is 5.02 Å². The number of nitrogens with zero attached hydrogens (tertiary/aromatic N) is 3. The minimum absolute atomic E-state index is 0.00160. The summed E-state index contributed by atoms with van der Waals surface area (Å²) in [7, 11) is 0. The molecule has 4 heterocycles. The van der Waals surface area contributed by atoms with E-state index in [0.29, 0.717) is 120 Å². The molecule has 358 valence electrons. The van der Waals surface area contributed by atoms with Gasteiger partial charge in [-0.05, 0) is 81.5 Å². The summed E-state index contributed by atoms with van der Waals surface area (Å²) in [6.45, 7) is 4.02. The first-order chi connectivity index (χ1) is 32.6. The molecule has 5 N–H and O–H groups in total. The Kier molecular flexibility index (Phi) is 18.0. The number of thiazole rings is 1. The molecule has 4 aromatic rings. The number of piperidine rings is 1. The number of aromatic nitrogens is 2. The lowest BCUT2D eigenvalue weighted by molar-refractivity contribution is -0.137. The van der Waals surface area contributed by atoms with Crippen molar-refractivity contribution in [1.29, 1.82) is 0 Å². The second-order valence-corrected chi connectivity index (χ2v) is 17.8. The molecule has 1 aliphatic carbocycles. The van der Waals surface area contributed by atoms with Crippen molar-refractivity contribution in [1.82, 2.24) is 30.8 Å². The Hall–Kier alpha value is -5.57. The van der Waals surface area contributed by atoms with E-state index < -0.39 is 23.2 Å². The zero-order valence-electron chi connectivity index (χ0n) is 37.1. The van der Waals surface area contributed by atoms with Gasteiger partial charge in [0.1, 0.15) is 11.9 Å². The fourth-order valence-electron chi connectivity index (χ4n) is 8.41. The van der Waals surface area contributed by atoms with E-state index in [-0.39, 0.29) is 66.3 Å². The maximum absolute atomic E-state index is 14.6. The fourth-order valence-corrected chi connectivity index (χ4v) is 9.12. The van der Waals surface area contributed by atoms with Crippen LogP contribution in [0.3, 0.4) is 0 Å². The number of hydrogen-bond acceptors (Lipinski definition) is 14. The number of rotatable bonds is 25. The monoisotopic (exact) mass is 962 g/mol. The van der Waals surface area contributed by atoms with Crippen molar-refractivity contribution >= 4 is 69.1 Å². The van der Waals surface area contributed by atoms with Gasteiger partial charge >= 0.3 is 0 Å². The molecule has 1 unspecified atom stereocenters. The fraction of sp³-hybridized carbons (Fsp3) is 0.468. The van der Waals surface area contributed by atoms with Crippen LogP contribution in [0.1, 0.15) is 73.0 Å². The van der Waals surface area contributed by atoms with Crippen LogP contribution < -0.4 is 31.3 Å². The standard InChI is InChI=1S/C47H56ClFN8O9S/c48-35-7-3-9-38(42(35)49)66-32-14-16-47(17-15-32,29-31-5-1-10-39(53-31)55-46-52-21-28-67-46)45(62)51-20-23-64-25-27-65-26-24-63-22-19-50-18-4-11-40(58)54-36-8-2-6-33-34(36)30-57(44(33)61)37-12-13-41(59)56-43(37)60/h1-3,5-10,21,28,32,37,50H,4,11-20,22-27,29-30H2,(H,51,62)(H,54,58)(H,52,53,55)(H,56,59,60). The van der Waals surface area contributed by atoms with Crippen LogP contribution in [0.15, 0.2) is 66.2 Å². The zero-order chi connectivity index (χ0) is 47.0. The molecule has 0 radical (unpaired) electrons. The quantitative estimate of drug-likeness (QED) is 0.0408. The van der Waals surface area contributed by atoms with Gasteiger partial charge in [0.15, 0.2) is 16.7 Å². The maximum atomic E-state index is 14.6. The molecule has 17 nitrogen and oxygen atoms in total. The molecule has 1 saturated carbocycles. The van der Waals surface area contributed by atoms with Crippen molar-refractivity contribution in [3.63, 3.8) is 0 Å². The van der Waals surface area contributed by atoms with Crippen LogP contribution in [0.5, 0.6) is 5.75 Å². The van der Waals surface area contributed by atoms with Gasteiger partial charge in [0.25, 0.3) is 5.91 Å². The maximum Gasteiger partial charge on any atom is 0.255 e. The number of carbonyl (C=O) groups is 5. The molecule has 20 heteroatoms. The highest BCUT2D eigenvalue weighted by Gasteiger charge is 2.43. The number of ether oxygens (including phenoxy) is 4. The van der Waals surface area contributed by atoms with Gasteiger partial charge in [-0.15, -0.1) is 11.3 Å². The average Bonchev–Trinajstić information content (AvgIpc) is 3.96. The molecule has 2 aromatic heterocycles. The van der Waals surface area contributed by atoms with E-state index in [1.807, 2.05) is 23.6 Å². The average molecular weight is 964 g/mol. The summed E-state index contributed by atoms with van der Waals surface area (Å²) in [5, 5.41) is 17.4. The number of nitrogens with one attached hydrogen (secondary N) is 5. The van der Waals surface area contributed by atoms with Crippen molar-refractivity contribution in [2.24, 2.45) is 5.41 Å². The molecular weight excluding hydrogens is 907 g/mol. The lowest BCUT2D eigenvalue weighted by Crippen LogP contribution is -2.52. The van der Waals surface area contributed by atoms with Crippen LogP contribution in [-0.2, 0) is 46.4 Å². The Bertz CT molecular complexity index is 2330. The number of pyridine rings is 1. The number of anilines is 3. The number of benzene rings is 2. The minimum Gasteiger partial charge on any atom is -0.487 e. The first-order valence-electron chi connectivity index (χ1n) is 22.6. The van der Waals surface area contributed by atoms with Gasteiger partial charge in [-0.3, -0.25) is 29.3 Å². The molecule has 0 spiro atoms. The highest BCUT2D eigenvalue weighted by Crippen LogP contribution is 2.41. The SMILES string of the molecule is O=C1CCC(N2Cc3c(NC(=O)CCCNCCOCCOCCOCCNC(=O)C4(Cc5cccc(Nc6nccs6)n5)CCC(Oc5cccc(Cl)c5F)CC4)cccc3C2=O)C(=O)N1. The molecule has 7 rings (SSSR count). The van der Waals surface area contributed by atoms with Gasteiger partial charge in [-0.25, -0.2) is 14.4 Å². The summed E-state index contributed by atoms with van der Waals surface area (Å²) >= 11 is 7.45. The lowest BCUT2D eigenvalue weighted by Gasteiger charge is -2.39. The number of fused-ring (bicyclic) bond motifs is 1. The van der Waals surface area contributed by atoms with Gasteiger partial charge < -0.3 is 45.1 Å². The molecule has 2 aromatic carbocycles. The highest BCUT2D eigenvalue weighted by atomic mass is 35.5. The van der Waals surface area contributed by atoms with Crippen molar-refractivity contribution in [3.05, 3.63) is 93.8 Å². The predicted octanol–water partition coefficient (Wildman–Crippen LogP) is 5.56. The van der Waals surface area contributed by atoms with Gasteiger partial charge in [0, 0.05) is 73.0 Å². The third kappa shape index (κ3) is 13.8. The molecule has 2 aliphatic heterocycles. The second kappa shape index (κ2) is 24.5. The summed E-state index contributed by atoms with van der Waals surface area (Å²) in [4.78, 5) is 74.2. The van der Waals surface area contributed by atoms with E-state index in [9.17, 15) is 28.4 Å². The molecule has 2 fully saturated rings. The van der Waals surface area contributed by atoms with E-state index in [1.165, 1.54) is 22.3 Å². The van der Waals surface area contributed by atoms with Crippen LogP contribution >= 0.6 is 22.9 Å². The van der Waals surface area contributed by atoms with Crippen molar-refractivity contribution < 1.29 is 47.3 Å². The van der Waals surface area contributed by atoms with Gasteiger partial charge in [0.05, 0.1) is 56.2 Å². The topological polar surface area (TPSA) is 211 Å². The van der Waals surface area contributed by atoms with Crippen LogP contribution in [0.25, 0.3) is 0 Å². The summed E-state index contributed by atoms with van der Waals surface area (Å²) in [5.74, 6) is -1.24. The number of amides is 5. The Labute approximate surface area is 397 Å². The smallest absolute Gasteiger partial charge is 0.255 e. The lowest BCUT2D eigenvalue weighted by atomic mass is 9.69. The molecule has 0 bridgehead atoms. The first-order valence-corrected chi connectivity index (χ1v) is 23.9. The largest absolute Gasteiger partial charge is 0.487 e. The molecule has 5 amide bonds. The molecule has 1 saturated heterocycles. The van der Waals surface area contributed by atoms with Gasteiger partial charge in [-0.1, -0.05) is 29.8 Å². The second-order valence-electron chi connectivity index (χ2n) is 16.5. The molecule has 1 atom stereocenters. The van der Waals surface area contributed by atoms with Gasteiger partial charge in [-0.2, -0.15) is 0 Å². The van der Waals surface area contributed by atoms with Crippen molar-refractivity contribution in [2.45, 2.75) is 76.5 Å². The van der Waals surface area contributed by atoms with E-state index in [4.69, 9.17) is 35.5 Å². The Balaban J connectivity index is 0.732. The molecular formula is C47H56ClFN8O9S. The Morgan fingerprint density at radius 3 is 2.42 bits per heavy atom. The van der Waals surface area contributed by atoms with Crippen molar-refractivity contribution in [2.75, 3.05) is 69.9 Å². The number of imide groups is 1. The predicted molar refractivity (Wildman–Crippen MR) is 249 cm³/mol. The van der Waals surface area contributed by atoms with Crippen LogP contribution in [0.4, 0.5) is 21.0 Å². The van der Waals surface area contributed by atoms with Crippen LogP contribution in [-0.4, -0.2) is 116 Å². The summed E-state index contributed by atoms with van der Waals surface area (Å²) < 4.78 is 37.6. The molecule has 67 heavy (non-hydrogen) atoms. The Morgan fingerprint density at radius 1 is 0.910 bits per heavy atom. The number of carbonyl (C=O) groups excluding carboxylic acids is 5. The summed E-state index contributed by atoms with van der Waals surface area (Å²) in [5.41, 5.74) is 1.66. The minimum atomic E-state index is -0.754. The number of halogens is 2. The number of hydrogen-bond donors (Lipinski definition) is 5. The summed E-state index contributed by atoms with van der Waals surface area (Å²) in [6.07, 6.45) is 5.30. The van der Waals surface area contributed by atoms with Gasteiger partial charge in [0.2, 0.25) is 23.6 Å². The van der Waals surface area contributed by atoms with E-state index in [2.05, 4.69) is 31.6 Å². The third-order valence-electron chi connectivity index (χ3n) is 11.9. The third-order valence-corrected chi connectivity index (χ3v) is 12.9. The van der Waals surface area contributed by atoms with E-state index in [0.717, 1.165) is 10.8 Å². The molecule has 3 aliphatic rings. The summed E-state index contributed by atoms with van der Waals surface area (Å²) in [6, 6.07) is 14.8. The van der Waals surface area contributed by atoms with Crippen molar-refractivity contribution in [3.8, 4) is 5.75 Å². The highest BCUT2D eigenvalue weighted by molar-refractivity contribution is 7.13. The van der Waals surface area contributed by atoms with E-state index in [1.54, 1.807) is 36.5 Å².